The molecule has 1 aromatic rings. The van der Waals surface area contributed by atoms with Crippen molar-refractivity contribution in [3.8, 4) is 0 Å². The Labute approximate surface area is 106 Å². The van der Waals surface area contributed by atoms with E-state index in [-0.39, 0.29) is 11.6 Å². The average molecular weight is 259 g/mol. The maximum absolute atomic E-state index is 13.7. The molecule has 0 heterocycles. The van der Waals surface area contributed by atoms with Crippen molar-refractivity contribution in [3.05, 3.63) is 35.4 Å². The number of thioether (sulfide) groups is 1. The van der Waals surface area contributed by atoms with Gasteiger partial charge in [-0.1, -0.05) is 19.9 Å². The van der Waals surface area contributed by atoms with Crippen LogP contribution >= 0.6 is 11.8 Å². The van der Waals surface area contributed by atoms with Gasteiger partial charge in [0.25, 0.3) is 0 Å². The number of halogens is 2. The van der Waals surface area contributed by atoms with E-state index in [1.54, 1.807) is 11.8 Å². The van der Waals surface area contributed by atoms with Gasteiger partial charge in [0, 0.05) is 17.4 Å². The van der Waals surface area contributed by atoms with Crippen LogP contribution in [-0.4, -0.2) is 18.1 Å². The summed E-state index contributed by atoms with van der Waals surface area (Å²) in [6.45, 7) is 4.84. The van der Waals surface area contributed by atoms with E-state index in [1.165, 1.54) is 18.2 Å². The SMILES string of the molecule is CCCNC(CSCC)c1c(F)cccc1F. The molecule has 1 aromatic carbocycles. The molecule has 0 fully saturated rings. The second kappa shape index (κ2) is 7.67. The van der Waals surface area contributed by atoms with Crippen LogP contribution in [0.15, 0.2) is 18.2 Å². The van der Waals surface area contributed by atoms with Crippen LogP contribution in [0.5, 0.6) is 0 Å². The molecule has 0 aromatic heterocycles. The third-order valence-corrected chi connectivity index (χ3v) is 3.45. The van der Waals surface area contributed by atoms with Gasteiger partial charge in [-0.3, -0.25) is 0 Å². The fourth-order valence-electron chi connectivity index (χ4n) is 1.64. The van der Waals surface area contributed by atoms with Gasteiger partial charge in [0.15, 0.2) is 0 Å². The summed E-state index contributed by atoms with van der Waals surface area (Å²) in [5.74, 6) is 0.708. The maximum atomic E-state index is 13.7. The van der Waals surface area contributed by atoms with E-state index >= 15 is 0 Å². The van der Waals surface area contributed by atoms with Crippen molar-refractivity contribution >= 4 is 11.8 Å². The second-order valence-corrected chi connectivity index (χ2v) is 5.12. The van der Waals surface area contributed by atoms with Gasteiger partial charge in [0.05, 0.1) is 0 Å². The summed E-state index contributed by atoms with van der Waals surface area (Å²) in [5, 5.41) is 3.20. The molecule has 0 bridgehead atoms. The fraction of sp³-hybridized carbons (Fsp3) is 0.538. The molecular weight excluding hydrogens is 240 g/mol. The zero-order valence-corrected chi connectivity index (χ0v) is 11.1. The van der Waals surface area contributed by atoms with Gasteiger partial charge in [-0.2, -0.15) is 11.8 Å². The topological polar surface area (TPSA) is 12.0 Å². The molecule has 0 aliphatic carbocycles. The Balaban J connectivity index is 2.86. The van der Waals surface area contributed by atoms with E-state index in [0.29, 0.717) is 5.75 Å². The van der Waals surface area contributed by atoms with Crippen LogP contribution in [-0.2, 0) is 0 Å². The summed E-state index contributed by atoms with van der Waals surface area (Å²) >= 11 is 1.68. The van der Waals surface area contributed by atoms with Crippen LogP contribution in [0.4, 0.5) is 8.78 Å². The molecule has 0 radical (unpaired) electrons. The molecule has 1 rings (SSSR count). The van der Waals surface area contributed by atoms with Crippen LogP contribution in [0.25, 0.3) is 0 Å². The van der Waals surface area contributed by atoms with Gasteiger partial charge >= 0.3 is 0 Å². The molecule has 0 saturated carbocycles. The van der Waals surface area contributed by atoms with Crippen molar-refractivity contribution < 1.29 is 8.78 Å². The van der Waals surface area contributed by atoms with Crippen molar-refractivity contribution in [1.82, 2.24) is 5.32 Å². The summed E-state index contributed by atoms with van der Waals surface area (Å²) in [6, 6.07) is 3.78. The zero-order chi connectivity index (χ0) is 12.7. The summed E-state index contributed by atoms with van der Waals surface area (Å²) < 4.78 is 27.3. The van der Waals surface area contributed by atoms with Gasteiger partial charge < -0.3 is 5.32 Å². The molecule has 1 nitrogen and oxygen atoms in total. The molecule has 1 N–H and O–H groups in total. The predicted molar refractivity (Wildman–Crippen MR) is 70.4 cm³/mol. The Morgan fingerprint density at radius 3 is 2.41 bits per heavy atom. The summed E-state index contributed by atoms with van der Waals surface area (Å²) in [6.07, 6.45) is 0.948. The van der Waals surface area contributed by atoms with E-state index in [2.05, 4.69) is 5.32 Å². The highest BCUT2D eigenvalue weighted by atomic mass is 32.2. The van der Waals surface area contributed by atoms with E-state index in [4.69, 9.17) is 0 Å². The molecule has 4 heteroatoms. The van der Waals surface area contributed by atoms with Crippen molar-refractivity contribution in [2.24, 2.45) is 0 Å². The number of rotatable bonds is 7. The smallest absolute Gasteiger partial charge is 0.130 e. The lowest BCUT2D eigenvalue weighted by molar-refractivity contribution is 0.492. The van der Waals surface area contributed by atoms with Crippen molar-refractivity contribution in [2.45, 2.75) is 26.3 Å². The number of benzene rings is 1. The van der Waals surface area contributed by atoms with Gasteiger partial charge in [0.1, 0.15) is 11.6 Å². The standard InChI is InChI=1S/C13H19F2NS/c1-3-8-16-12(9-17-4-2)13-10(14)6-5-7-11(13)15/h5-7,12,16H,3-4,8-9H2,1-2H3. The van der Waals surface area contributed by atoms with Crippen molar-refractivity contribution in [3.63, 3.8) is 0 Å². The zero-order valence-electron chi connectivity index (χ0n) is 10.3. The highest BCUT2D eigenvalue weighted by Crippen LogP contribution is 2.24. The normalized spacial score (nSPS) is 12.7. The Kier molecular flexibility index (Phi) is 6.52. The minimum absolute atomic E-state index is 0.168. The van der Waals surface area contributed by atoms with Crippen LogP contribution in [0.2, 0.25) is 0 Å². The monoisotopic (exact) mass is 259 g/mol. The molecular formula is C13H19F2NS. The highest BCUT2D eigenvalue weighted by molar-refractivity contribution is 7.99. The van der Waals surface area contributed by atoms with Crippen LogP contribution in [0, 0.1) is 11.6 Å². The minimum Gasteiger partial charge on any atom is -0.309 e. The Hall–Kier alpha value is -0.610. The molecule has 96 valence electrons. The van der Waals surface area contributed by atoms with Gasteiger partial charge in [-0.15, -0.1) is 0 Å². The molecule has 17 heavy (non-hydrogen) atoms. The van der Waals surface area contributed by atoms with Crippen LogP contribution in [0.3, 0.4) is 0 Å². The van der Waals surface area contributed by atoms with E-state index in [9.17, 15) is 8.78 Å². The van der Waals surface area contributed by atoms with E-state index in [1.807, 2.05) is 13.8 Å². The molecule has 0 aliphatic heterocycles. The summed E-state index contributed by atoms with van der Waals surface area (Å²) in [7, 11) is 0. The molecule has 0 amide bonds. The molecule has 0 spiro atoms. The third-order valence-electron chi connectivity index (χ3n) is 2.48. The van der Waals surface area contributed by atoms with Gasteiger partial charge in [0.2, 0.25) is 0 Å². The van der Waals surface area contributed by atoms with E-state index < -0.39 is 11.6 Å². The van der Waals surface area contributed by atoms with Gasteiger partial charge in [-0.25, -0.2) is 8.78 Å². The molecule has 0 saturated heterocycles. The number of nitrogens with one attached hydrogen (secondary N) is 1. The van der Waals surface area contributed by atoms with Gasteiger partial charge in [-0.05, 0) is 30.9 Å². The molecule has 0 aliphatic rings. The maximum Gasteiger partial charge on any atom is 0.130 e. The van der Waals surface area contributed by atoms with Crippen molar-refractivity contribution in [1.29, 1.82) is 0 Å². The average Bonchev–Trinajstić information content (AvgIpc) is 2.31. The van der Waals surface area contributed by atoms with E-state index in [0.717, 1.165) is 18.7 Å². The lowest BCUT2D eigenvalue weighted by Gasteiger charge is -2.19. The predicted octanol–water partition coefficient (Wildman–Crippen LogP) is 3.76. The lowest BCUT2D eigenvalue weighted by atomic mass is 10.1. The Bertz CT molecular complexity index is 316. The first-order valence-electron chi connectivity index (χ1n) is 5.95. The Morgan fingerprint density at radius 1 is 1.24 bits per heavy atom. The fourth-order valence-corrected chi connectivity index (χ4v) is 2.40. The minimum atomic E-state index is -0.463. The molecule has 1 atom stereocenters. The summed E-state index contributed by atoms with van der Waals surface area (Å²) in [4.78, 5) is 0. The Morgan fingerprint density at radius 2 is 1.88 bits per heavy atom. The van der Waals surface area contributed by atoms with Crippen molar-refractivity contribution in [2.75, 3.05) is 18.1 Å². The second-order valence-electron chi connectivity index (χ2n) is 3.80. The third kappa shape index (κ3) is 4.28. The van der Waals surface area contributed by atoms with Crippen LogP contribution < -0.4 is 5.32 Å². The quantitative estimate of drug-likeness (QED) is 0.800. The summed E-state index contributed by atoms with van der Waals surface area (Å²) in [5.41, 5.74) is 0.168. The first-order valence-corrected chi connectivity index (χ1v) is 7.11. The largest absolute Gasteiger partial charge is 0.309 e. The lowest BCUT2D eigenvalue weighted by Crippen LogP contribution is -2.26. The molecule has 1 unspecified atom stereocenters. The first-order chi connectivity index (χ1) is 8.20. The number of hydrogen-bond donors (Lipinski definition) is 1. The highest BCUT2D eigenvalue weighted by Gasteiger charge is 2.19. The van der Waals surface area contributed by atoms with Crippen LogP contribution in [0.1, 0.15) is 31.9 Å². The number of hydrogen-bond acceptors (Lipinski definition) is 2. The first kappa shape index (κ1) is 14.5.